The van der Waals surface area contributed by atoms with E-state index in [9.17, 15) is 13.2 Å². The highest BCUT2D eigenvalue weighted by Crippen LogP contribution is 2.34. The number of nitrogens with two attached hydrogens (primary N) is 1. The van der Waals surface area contributed by atoms with Crippen LogP contribution in [0.25, 0.3) is 0 Å². The molecule has 6 heteroatoms. The summed E-state index contributed by atoms with van der Waals surface area (Å²) < 4.78 is 38.0. The van der Waals surface area contributed by atoms with Crippen LogP contribution < -0.4 is 10.6 Å². The van der Waals surface area contributed by atoms with Gasteiger partial charge in [-0.25, -0.2) is 0 Å². The highest BCUT2D eigenvalue weighted by Gasteiger charge is 2.31. The van der Waals surface area contributed by atoms with Gasteiger partial charge in [-0.2, -0.15) is 24.9 Å². The van der Waals surface area contributed by atoms with E-state index < -0.39 is 11.7 Å². The zero-order valence-corrected chi connectivity index (χ0v) is 11.5. The van der Waals surface area contributed by atoms with Gasteiger partial charge in [-0.05, 0) is 23.8 Å². The third kappa shape index (κ3) is 3.36. The van der Waals surface area contributed by atoms with Crippen LogP contribution in [0.3, 0.4) is 0 Å². The first-order chi connectivity index (χ1) is 8.91. The average molecular weight is 290 g/mol. The maximum absolute atomic E-state index is 12.7. The molecule has 1 saturated heterocycles. The minimum absolute atomic E-state index is 0.122. The van der Waals surface area contributed by atoms with Crippen LogP contribution in [0, 0.1) is 0 Å². The molecule has 1 aromatic carbocycles. The number of hydrogen-bond acceptors (Lipinski definition) is 3. The largest absolute Gasteiger partial charge is 0.416 e. The third-order valence-electron chi connectivity index (χ3n) is 3.21. The van der Waals surface area contributed by atoms with Crippen LogP contribution in [0.5, 0.6) is 0 Å². The van der Waals surface area contributed by atoms with Crippen molar-refractivity contribution in [3.8, 4) is 0 Å². The summed E-state index contributed by atoms with van der Waals surface area (Å²) in [5.41, 5.74) is 6.38. The molecule has 2 rings (SSSR count). The normalized spacial score (nSPS) is 20.7. The lowest BCUT2D eigenvalue weighted by atomic mass is 10.1. The Kier molecular flexibility index (Phi) is 4.30. The van der Waals surface area contributed by atoms with Crippen molar-refractivity contribution in [2.24, 2.45) is 5.73 Å². The molecule has 0 aliphatic carbocycles. The molecule has 106 valence electrons. The Balaban J connectivity index is 2.30. The first-order valence-corrected chi connectivity index (χ1v) is 7.23. The zero-order valence-electron chi connectivity index (χ0n) is 10.7. The molecule has 0 saturated carbocycles. The molecular weight excluding hydrogens is 273 g/mol. The molecule has 0 spiro atoms. The van der Waals surface area contributed by atoms with E-state index in [-0.39, 0.29) is 6.54 Å². The first kappa shape index (κ1) is 14.5. The molecule has 1 aliphatic rings. The van der Waals surface area contributed by atoms with Crippen molar-refractivity contribution < 1.29 is 13.2 Å². The van der Waals surface area contributed by atoms with Crippen LogP contribution in [-0.2, 0) is 12.7 Å². The van der Waals surface area contributed by atoms with Gasteiger partial charge in [-0.15, -0.1) is 0 Å². The van der Waals surface area contributed by atoms with E-state index in [2.05, 4.69) is 11.8 Å². The smallest absolute Gasteiger partial charge is 0.369 e. The second kappa shape index (κ2) is 5.63. The van der Waals surface area contributed by atoms with Crippen molar-refractivity contribution in [1.82, 2.24) is 0 Å². The molecule has 2 N–H and O–H groups in total. The highest BCUT2D eigenvalue weighted by molar-refractivity contribution is 8.00. The number of thioether (sulfide) groups is 1. The standard InChI is InChI=1S/C13H17F3N2S/c1-9-8-18(4-5-19-9)12-3-2-11(13(14,15)16)6-10(12)7-17/h2-3,6,9H,4-5,7-8,17H2,1H3. The number of anilines is 1. The molecule has 0 aromatic heterocycles. The Bertz CT molecular complexity index is 448. The lowest BCUT2D eigenvalue weighted by Gasteiger charge is -2.34. The van der Waals surface area contributed by atoms with Gasteiger partial charge in [0.25, 0.3) is 0 Å². The van der Waals surface area contributed by atoms with Gasteiger partial charge in [0.15, 0.2) is 0 Å². The summed E-state index contributed by atoms with van der Waals surface area (Å²) in [6.07, 6.45) is -4.31. The van der Waals surface area contributed by atoms with Gasteiger partial charge in [0.05, 0.1) is 5.56 Å². The Morgan fingerprint density at radius 1 is 1.42 bits per heavy atom. The Morgan fingerprint density at radius 2 is 2.16 bits per heavy atom. The number of halogens is 3. The van der Waals surface area contributed by atoms with E-state index >= 15 is 0 Å². The number of nitrogens with zero attached hydrogens (tertiary/aromatic N) is 1. The van der Waals surface area contributed by atoms with Crippen molar-refractivity contribution in [2.45, 2.75) is 24.9 Å². The van der Waals surface area contributed by atoms with Gasteiger partial charge in [0, 0.05) is 36.3 Å². The fourth-order valence-electron chi connectivity index (χ4n) is 2.27. The third-order valence-corrected chi connectivity index (χ3v) is 4.34. The van der Waals surface area contributed by atoms with Crippen LogP contribution in [-0.4, -0.2) is 24.1 Å². The van der Waals surface area contributed by atoms with Gasteiger partial charge in [-0.1, -0.05) is 6.92 Å². The molecular formula is C13H17F3N2S. The summed E-state index contributed by atoms with van der Waals surface area (Å²) in [7, 11) is 0. The number of alkyl halides is 3. The molecule has 0 bridgehead atoms. The summed E-state index contributed by atoms with van der Waals surface area (Å²) in [4.78, 5) is 2.13. The molecule has 1 fully saturated rings. The Morgan fingerprint density at radius 3 is 2.74 bits per heavy atom. The van der Waals surface area contributed by atoms with E-state index in [4.69, 9.17) is 5.73 Å². The maximum atomic E-state index is 12.7. The second-order valence-electron chi connectivity index (χ2n) is 4.67. The van der Waals surface area contributed by atoms with Gasteiger partial charge in [-0.3, -0.25) is 0 Å². The highest BCUT2D eigenvalue weighted by atomic mass is 32.2. The van der Waals surface area contributed by atoms with Gasteiger partial charge >= 0.3 is 6.18 Å². The van der Waals surface area contributed by atoms with E-state index in [0.717, 1.165) is 30.6 Å². The lowest BCUT2D eigenvalue weighted by molar-refractivity contribution is -0.137. The molecule has 1 aliphatic heterocycles. The monoisotopic (exact) mass is 290 g/mol. The van der Waals surface area contributed by atoms with E-state index in [1.165, 1.54) is 6.07 Å². The molecule has 1 aromatic rings. The molecule has 0 amide bonds. The van der Waals surface area contributed by atoms with Crippen LogP contribution in [0.1, 0.15) is 18.1 Å². The predicted molar refractivity (Wildman–Crippen MR) is 73.5 cm³/mol. The van der Waals surface area contributed by atoms with Crippen LogP contribution in [0.4, 0.5) is 18.9 Å². The predicted octanol–water partition coefficient (Wildman–Crippen LogP) is 3.11. The van der Waals surface area contributed by atoms with Crippen molar-refractivity contribution in [3.63, 3.8) is 0 Å². The summed E-state index contributed by atoms with van der Waals surface area (Å²) in [6, 6.07) is 3.86. The van der Waals surface area contributed by atoms with Crippen molar-refractivity contribution in [2.75, 3.05) is 23.7 Å². The molecule has 1 atom stereocenters. The van der Waals surface area contributed by atoms with E-state index in [0.29, 0.717) is 10.8 Å². The molecule has 1 heterocycles. The second-order valence-corrected chi connectivity index (χ2v) is 6.22. The molecule has 2 nitrogen and oxygen atoms in total. The molecule has 1 unspecified atom stereocenters. The van der Waals surface area contributed by atoms with Crippen LogP contribution >= 0.6 is 11.8 Å². The Labute approximate surface area is 115 Å². The fraction of sp³-hybridized carbons (Fsp3) is 0.538. The van der Waals surface area contributed by atoms with E-state index in [1.54, 1.807) is 6.07 Å². The first-order valence-electron chi connectivity index (χ1n) is 6.18. The van der Waals surface area contributed by atoms with Crippen LogP contribution in [0.2, 0.25) is 0 Å². The number of hydrogen-bond donors (Lipinski definition) is 1. The number of benzene rings is 1. The maximum Gasteiger partial charge on any atom is 0.416 e. The van der Waals surface area contributed by atoms with Crippen molar-refractivity contribution in [3.05, 3.63) is 29.3 Å². The van der Waals surface area contributed by atoms with Crippen LogP contribution in [0.15, 0.2) is 18.2 Å². The average Bonchev–Trinajstić information content (AvgIpc) is 2.37. The summed E-state index contributed by atoms with van der Waals surface area (Å²) in [6.45, 7) is 3.96. The number of rotatable bonds is 2. The summed E-state index contributed by atoms with van der Waals surface area (Å²) in [5, 5.41) is 0.488. The topological polar surface area (TPSA) is 29.3 Å². The van der Waals surface area contributed by atoms with Crippen molar-refractivity contribution >= 4 is 17.4 Å². The minimum atomic E-state index is -4.31. The van der Waals surface area contributed by atoms with Gasteiger partial charge in [0.2, 0.25) is 0 Å². The minimum Gasteiger partial charge on any atom is -0.369 e. The molecule has 0 radical (unpaired) electrons. The lowest BCUT2D eigenvalue weighted by Crippen LogP contribution is -2.37. The summed E-state index contributed by atoms with van der Waals surface area (Å²) >= 11 is 1.88. The Hall–Kier alpha value is -0.880. The van der Waals surface area contributed by atoms with E-state index in [1.807, 2.05) is 11.8 Å². The zero-order chi connectivity index (χ0) is 14.0. The SMILES string of the molecule is CC1CN(c2ccc(C(F)(F)F)cc2CN)CCS1. The fourth-order valence-corrected chi connectivity index (χ4v) is 3.28. The van der Waals surface area contributed by atoms with Gasteiger partial charge < -0.3 is 10.6 Å². The van der Waals surface area contributed by atoms with Gasteiger partial charge in [0.1, 0.15) is 0 Å². The molecule has 19 heavy (non-hydrogen) atoms. The van der Waals surface area contributed by atoms with Crippen molar-refractivity contribution in [1.29, 1.82) is 0 Å². The summed E-state index contributed by atoms with van der Waals surface area (Å²) in [5.74, 6) is 0.992. The quantitative estimate of drug-likeness (QED) is 0.907.